The lowest BCUT2D eigenvalue weighted by Crippen LogP contribution is -1.89. The average molecular weight is 227 g/mol. The summed E-state index contributed by atoms with van der Waals surface area (Å²) in [6.45, 7) is 0. The van der Waals surface area contributed by atoms with Gasteiger partial charge in [-0.1, -0.05) is 30.3 Å². The van der Waals surface area contributed by atoms with Crippen LogP contribution in [-0.4, -0.2) is 20.3 Å². The van der Waals surface area contributed by atoms with Crippen molar-refractivity contribution in [2.75, 3.05) is 5.73 Å². The molecule has 0 atom stereocenters. The van der Waals surface area contributed by atoms with Crippen molar-refractivity contribution in [2.24, 2.45) is 0 Å². The van der Waals surface area contributed by atoms with E-state index in [1.54, 1.807) is 6.20 Å². The molecule has 17 heavy (non-hydrogen) atoms. The molecular weight excluding hydrogens is 218 g/mol. The van der Waals surface area contributed by atoms with Gasteiger partial charge < -0.3 is 10.7 Å². The van der Waals surface area contributed by atoms with Crippen molar-refractivity contribution in [1.29, 1.82) is 0 Å². The number of anilines is 1. The molecule has 0 fully saturated rings. The number of nitrogens with two attached hydrogens (primary N) is 1. The number of hydrogen-bond donors (Lipinski definition) is 2. The first kappa shape index (κ1) is 9.59. The van der Waals surface area contributed by atoms with E-state index in [0.717, 1.165) is 11.3 Å². The minimum absolute atomic E-state index is 0.221. The van der Waals surface area contributed by atoms with Crippen molar-refractivity contribution in [1.82, 2.24) is 20.3 Å². The van der Waals surface area contributed by atoms with Gasteiger partial charge >= 0.3 is 0 Å². The SMILES string of the molecule is Nc1nonc1-c1ncc(-c2ccccc2)[nH]1. The van der Waals surface area contributed by atoms with Crippen LogP contribution in [0.25, 0.3) is 22.8 Å². The molecule has 3 rings (SSSR count). The van der Waals surface area contributed by atoms with Crippen LogP contribution in [0.4, 0.5) is 5.82 Å². The van der Waals surface area contributed by atoms with E-state index in [0.29, 0.717) is 11.5 Å². The average Bonchev–Trinajstić information content (AvgIpc) is 2.98. The Morgan fingerprint density at radius 2 is 1.94 bits per heavy atom. The van der Waals surface area contributed by atoms with Crippen molar-refractivity contribution < 1.29 is 4.63 Å². The van der Waals surface area contributed by atoms with Gasteiger partial charge in [0.15, 0.2) is 17.3 Å². The minimum Gasteiger partial charge on any atom is -0.379 e. The van der Waals surface area contributed by atoms with Crippen molar-refractivity contribution in [2.45, 2.75) is 0 Å². The van der Waals surface area contributed by atoms with Gasteiger partial charge in [-0.3, -0.25) is 0 Å². The maximum atomic E-state index is 5.59. The number of imidazole rings is 1. The number of benzene rings is 1. The van der Waals surface area contributed by atoms with Gasteiger partial charge in [-0.05, 0) is 15.9 Å². The Morgan fingerprint density at radius 1 is 1.12 bits per heavy atom. The molecule has 2 aromatic heterocycles. The van der Waals surface area contributed by atoms with E-state index in [9.17, 15) is 0 Å². The fourth-order valence-corrected chi connectivity index (χ4v) is 1.57. The van der Waals surface area contributed by atoms with Crippen molar-refractivity contribution in [3.05, 3.63) is 36.5 Å². The number of nitrogens with zero attached hydrogens (tertiary/aromatic N) is 3. The van der Waals surface area contributed by atoms with Gasteiger partial charge in [-0.15, -0.1) is 0 Å². The van der Waals surface area contributed by atoms with E-state index in [-0.39, 0.29) is 5.82 Å². The van der Waals surface area contributed by atoms with Crippen LogP contribution in [0.1, 0.15) is 0 Å². The third kappa shape index (κ3) is 1.65. The Labute approximate surface area is 96.5 Å². The second kappa shape index (κ2) is 3.75. The molecule has 2 heterocycles. The summed E-state index contributed by atoms with van der Waals surface area (Å²) in [5.41, 5.74) is 7.95. The highest BCUT2D eigenvalue weighted by Crippen LogP contribution is 2.23. The predicted octanol–water partition coefficient (Wildman–Crippen LogP) is 1.71. The quantitative estimate of drug-likeness (QED) is 0.695. The smallest absolute Gasteiger partial charge is 0.199 e. The molecule has 6 heteroatoms. The summed E-state index contributed by atoms with van der Waals surface area (Å²) >= 11 is 0. The lowest BCUT2D eigenvalue weighted by molar-refractivity contribution is 0.310. The fraction of sp³-hybridized carbons (Fsp3) is 0. The summed E-state index contributed by atoms with van der Waals surface area (Å²) in [5, 5.41) is 7.19. The minimum atomic E-state index is 0.221. The monoisotopic (exact) mass is 227 g/mol. The first-order valence-corrected chi connectivity index (χ1v) is 5.03. The molecule has 3 N–H and O–H groups in total. The third-order valence-electron chi connectivity index (χ3n) is 2.40. The molecule has 0 aliphatic rings. The molecule has 0 radical (unpaired) electrons. The first-order chi connectivity index (χ1) is 8.34. The second-order valence-corrected chi connectivity index (χ2v) is 3.51. The van der Waals surface area contributed by atoms with Crippen LogP contribution in [0, 0.1) is 0 Å². The zero-order valence-electron chi connectivity index (χ0n) is 8.79. The maximum absolute atomic E-state index is 5.59. The van der Waals surface area contributed by atoms with Crippen LogP contribution in [0.2, 0.25) is 0 Å². The highest BCUT2D eigenvalue weighted by Gasteiger charge is 2.13. The van der Waals surface area contributed by atoms with Crippen LogP contribution < -0.4 is 5.73 Å². The van der Waals surface area contributed by atoms with Crippen molar-refractivity contribution >= 4 is 5.82 Å². The number of hydrogen-bond acceptors (Lipinski definition) is 5. The van der Waals surface area contributed by atoms with E-state index in [2.05, 4.69) is 24.9 Å². The summed E-state index contributed by atoms with van der Waals surface area (Å²) < 4.78 is 4.53. The normalized spacial score (nSPS) is 10.6. The van der Waals surface area contributed by atoms with Gasteiger partial charge in [0.2, 0.25) is 0 Å². The number of aromatic amines is 1. The molecule has 6 nitrogen and oxygen atoms in total. The molecular formula is C11H9N5O. The second-order valence-electron chi connectivity index (χ2n) is 3.51. The summed E-state index contributed by atoms with van der Waals surface area (Å²) in [5.74, 6) is 0.765. The summed E-state index contributed by atoms with van der Waals surface area (Å²) in [7, 11) is 0. The van der Waals surface area contributed by atoms with Crippen molar-refractivity contribution in [3.8, 4) is 22.8 Å². The molecule has 84 valence electrons. The van der Waals surface area contributed by atoms with Crippen LogP contribution >= 0.6 is 0 Å². The van der Waals surface area contributed by atoms with Crippen molar-refractivity contribution in [3.63, 3.8) is 0 Å². The van der Waals surface area contributed by atoms with Crippen LogP contribution in [0.15, 0.2) is 41.2 Å². The lowest BCUT2D eigenvalue weighted by atomic mass is 10.2. The standard InChI is InChI=1S/C11H9N5O/c12-10-9(15-17-16-10)11-13-6-8(14-11)7-4-2-1-3-5-7/h1-6H,(H2,12,16)(H,13,14). The van der Waals surface area contributed by atoms with E-state index in [1.807, 2.05) is 30.3 Å². The summed E-state index contributed by atoms with van der Waals surface area (Å²) in [4.78, 5) is 7.32. The largest absolute Gasteiger partial charge is 0.379 e. The number of aromatic nitrogens is 4. The molecule has 0 saturated carbocycles. The Bertz CT molecular complexity index is 628. The van der Waals surface area contributed by atoms with E-state index in [4.69, 9.17) is 5.73 Å². The Hall–Kier alpha value is -2.63. The highest BCUT2D eigenvalue weighted by atomic mass is 16.6. The molecule has 0 aliphatic carbocycles. The van der Waals surface area contributed by atoms with Gasteiger partial charge in [-0.25, -0.2) is 9.61 Å². The van der Waals surface area contributed by atoms with E-state index >= 15 is 0 Å². The highest BCUT2D eigenvalue weighted by molar-refractivity contribution is 5.67. The number of nitrogens with one attached hydrogen (secondary N) is 1. The van der Waals surface area contributed by atoms with Gasteiger partial charge in [0.25, 0.3) is 0 Å². The maximum Gasteiger partial charge on any atom is 0.199 e. The first-order valence-electron chi connectivity index (χ1n) is 5.03. The lowest BCUT2D eigenvalue weighted by Gasteiger charge is -1.95. The Morgan fingerprint density at radius 3 is 2.65 bits per heavy atom. The zero-order valence-corrected chi connectivity index (χ0v) is 8.79. The third-order valence-corrected chi connectivity index (χ3v) is 2.40. The number of H-pyrrole nitrogens is 1. The Balaban J connectivity index is 2.02. The van der Waals surface area contributed by atoms with Crippen LogP contribution in [0.5, 0.6) is 0 Å². The summed E-state index contributed by atoms with van der Waals surface area (Å²) in [6, 6.07) is 9.85. The zero-order chi connectivity index (χ0) is 11.7. The van der Waals surface area contributed by atoms with Crippen LogP contribution in [0.3, 0.4) is 0 Å². The van der Waals surface area contributed by atoms with Gasteiger partial charge in [0.1, 0.15) is 0 Å². The van der Waals surface area contributed by atoms with Gasteiger partial charge in [0.05, 0.1) is 11.9 Å². The molecule has 0 aliphatic heterocycles. The van der Waals surface area contributed by atoms with E-state index in [1.165, 1.54) is 0 Å². The number of nitrogen functional groups attached to an aromatic ring is 1. The molecule has 0 amide bonds. The fourth-order valence-electron chi connectivity index (χ4n) is 1.57. The molecule has 3 aromatic rings. The predicted molar refractivity (Wildman–Crippen MR) is 61.7 cm³/mol. The Kier molecular flexibility index (Phi) is 2.11. The topological polar surface area (TPSA) is 93.6 Å². The number of rotatable bonds is 2. The van der Waals surface area contributed by atoms with Gasteiger partial charge in [0, 0.05) is 0 Å². The van der Waals surface area contributed by atoms with E-state index < -0.39 is 0 Å². The molecule has 0 unspecified atom stereocenters. The molecule has 0 saturated heterocycles. The summed E-state index contributed by atoms with van der Waals surface area (Å²) in [6.07, 6.45) is 1.72. The van der Waals surface area contributed by atoms with Crippen LogP contribution in [-0.2, 0) is 0 Å². The molecule has 0 spiro atoms. The van der Waals surface area contributed by atoms with Gasteiger partial charge in [-0.2, -0.15) is 0 Å². The molecule has 1 aromatic carbocycles. The molecule has 0 bridgehead atoms.